The molecule has 3 aliphatic carbocycles. The van der Waals surface area contributed by atoms with Gasteiger partial charge in [0.2, 0.25) is 0 Å². The van der Waals surface area contributed by atoms with Crippen molar-refractivity contribution in [2.24, 2.45) is 35.5 Å². The zero-order valence-electron chi connectivity index (χ0n) is 21.5. The van der Waals surface area contributed by atoms with Crippen LogP contribution in [0, 0.1) is 35.5 Å². The van der Waals surface area contributed by atoms with Crippen LogP contribution >= 0.6 is 0 Å². The third-order valence-electron chi connectivity index (χ3n) is 7.34. The molecule has 0 N–H and O–H groups in total. The van der Waals surface area contributed by atoms with E-state index in [0.29, 0.717) is 0 Å². The molecule has 3 fully saturated rings. The van der Waals surface area contributed by atoms with Gasteiger partial charge in [-0.1, -0.05) is 131 Å². The molecule has 174 valence electrons. The molecule has 0 bridgehead atoms. The molecule has 0 aromatic rings. The van der Waals surface area contributed by atoms with Gasteiger partial charge in [0.05, 0.1) is 0 Å². The third-order valence-corrected chi connectivity index (χ3v) is 7.34. The number of hydrogen-bond acceptors (Lipinski definition) is 0. The Morgan fingerprint density at radius 1 is 0.379 bits per heavy atom. The van der Waals surface area contributed by atoms with Crippen LogP contribution in [0.2, 0.25) is 0 Å². The van der Waals surface area contributed by atoms with E-state index in [4.69, 9.17) is 0 Å². The van der Waals surface area contributed by atoms with E-state index in [0.717, 1.165) is 35.5 Å². The standard InChI is InChI=1S/2C10H20.C9H18/c2*1-9(2)8-10-6-4-3-5-7-10;1-8(2)7-9-5-3-4-6-9/h2*9-10H,3-8H2,1-2H3;8-9H,3-7H2,1-2H3. The highest BCUT2D eigenvalue weighted by molar-refractivity contribution is 4.68. The second kappa shape index (κ2) is 16.7. The summed E-state index contributed by atoms with van der Waals surface area (Å²) in [4.78, 5) is 0. The van der Waals surface area contributed by atoms with Gasteiger partial charge in [-0.25, -0.2) is 0 Å². The molecule has 0 heteroatoms. The van der Waals surface area contributed by atoms with Crippen molar-refractivity contribution < 1.29 is 0 Å². The predicted octanol–water partition coefficient (Wildman–Crippen LogP) is 10.4. The predicted molar refractivity (Wildman–Crippen MR) is 133 cm³/mol. The maximum absolute atomic E-state index is 2.34. The molecule has 0 aromatic heterocycles. The van der Waals surface area contributed by atoms with Crippen LogP contribution in [0.3, 0.4) is 0 Å². The van der Waals surface area contributed by atoms with Crippen molar-refractivity contribution in [1.29, 1.82) is 0 Å². The van der Waals surface area contributed by atoms with Crippen molar-refractivity contribution in [1.82, 2.24) is 0 Å². The zero-order chi connectivity index (χ0) is 21.5. The first-order chi connectivity index (χ1) is 13.9. The van der Waals surface area contributed by atoms with Gasteiger partial charge in [-0.05, 0) is 54.8 Å². The second-order valence-electron chi connectivity index (χ2n) is 12.0. The van der Waals surface area contributed by atoms with Gasteiger partial charge < -0.3 is 0 Å². The molecule has 0 radical (unpaired) electrons. The van der Waals surface area contributed by atoms with E-state index in [1.807, 2.05) is 0 Å². The van der Waals surface area contributed by atoms with Crippen molar-refractivity contribution in [2.75, 3.05) is 0 Å². The Morgan fingerprint density at radius 3 is 0.793 bits per heavy atom. The largest absolute Gasteiger partial charge is 0.0628 e. The Hall–Kier alpha value is 0. The molecule has 0 spiro atoms. The first-order valence-corrected chi connectivity index (χ1v) is 13.9. The third kappa shape index (κ3) is 15.5. The molecule has 0 saturated heterocycles. The minimum Gasteiger partial charge on any atom is -0.0628 e. The summed E-state index contributed by atoms with van der Waals surface area (Å²) < 4.78 is 0. The van der Waals surface area contributed by atoms with Crippen LogP contribution < -0.4 is 0 Å². The van der Waals surface area contributed by atoms with E-state index in [1.54, 1.807) is 0 Å². The fraction of sp³-hybridized carbons (Fsp3) is 1.00. The quantitative estimate of drug-likeness (QED) is 0.411. The van der Waals surface area contributed by atoms with Crippen LogP contribution in [-0.2, 0) is 0 Å². The lowest BCUT2D eigenvalue weighted by Gasteiger charge is -2.22. The fourth-order valence-electron chi connectivity index (χ4n) is 6.09. The van der Waals surface area contributed by atoms with E-state index in [2.05, 4.69) is 41.5 Å². The van der Waals surface area contributed by atoms with Crippen LogP contribution in [0.1, 0.15) is 151 Å². The summed E-state index contributed by atoms with van der Waals surface area (Å²) in [5.74, 6) is 6.01. The maximum atomic E-state index is 2.34. The minimum absolute atomic E-state index is 0.920. The van der Waals surface area contributed by atoms with Gasteiger partial charge in [-0.2, -0.15) is 0 Å². The molecular formula is C29H58. The van der Waals surface area contributed by atoms with E-state index >= 15 is 0 Å². The van der Waals surface area contributed by atoms with E-state index in [9.17, 15) is 0 Å². The maximum Gasteiger partial charge on any atom is -0.0412 e. The van der Waals surface area contributed by atoms with E-state index in [1.165, 1.54) is 109 Å². The molecule has 3 aliphatic rings. The van der Waals surface area contributed by atoms with Gasteiger partial charge in [0.1, 0.15) is 0 Å². The SMILES string of the molecule is CC(C)CC1CCCC1.CC(C)CC1CCCCC1.CC(C)CC1CCCCC1. The fourth-order valence-corrected chi connectivity index (χ4v) is 6.09. The van der Waals surface area contributed by atoms with E-state index < -0.39 is 0 Å². The Labute approximate surface area is 186 Å². The highest BCUT2D eigenvalue weighted by Gasteiger charge is 2.16. The average Bonchev–Trinajstić information content (AvgIpc) is 3.16. The van der Waals surface area contributed by atoms with Crippen molar-refractivity contribution in [3.63, 3.8) is 0 Å². The lowest BCUT2D eigenvalue weighted by molar-refractivity contribution is 0.305. The van der Waals surface area contributed by atoms with E-state index in [-0.39, 0.29) is 0 Å². The topological polar surface area (TPSA) is 0 Å². The molecular weight excluding hydrogens is 348 g/mol. The lowest BCUT2D eigenvalue weighted by atomic mass is 9.84. The summed E-state index contributed by atoms with van der Waals surface area (Å²) in [5, 5.41) is 0. The van der Waals surface area contributed by atoms with Gasteiger partial charge >= 0.3 is 0 Å². The molecule has 0 unspecified atom stereocenters. The normalized spacial score (nSPS) is 21.8. The lowest BCUT2D eigenvalue weighted by Crippen LogP contribution is -2.08. The monoisotopic (exact) mass is 406 g/mol. The van der Waals surface area contributed by atoms with Crippen LogP contribution in [0.25, 0.3) is 0 Å². The molecule has 29 heavy (non-hydrogen) atoms. The molecule has 0 aliphatic heterocycles. The Bertz CT molecular complexity index is 311. The highest BCUT2D eigenvalue weighted by Crippen LogP contribution is 2.30. The summed E-state index contributed by atoms with van der Waals surface area (Å²) in [6, 6.07) is 0. The molecule has 0 aromatic carbocycles. The summed E-state index contributed by atoms with van der Waals surface area (Å²) >= 11 is 0. The number of hydrogen-bond donors (Lipinski definition) is 0. The highest BCUT2D eigenvalue weighted by atomic mass is 14.2. The molecule has 0 heterocycles. The van der Waals surface area contributed by atoms with Gasteiger partial charge in [0, 0.05) is 0 Å². The van der Waals surface area contributed by atoms with Crippen LogP contribution in [-0.4, -0.2) is 0 Å². The zero-order valence-corrected chi connectivity index (χ0v) is 21.5. The Kier molecular flexibility index (Phi) is 15.5. The van der Waals surface area contributed by atoms with Crippen LogP contribution in [0.4, 0.5) is 0 Å². The molecule has 3 rings (SSSR count). The second-order valence-corrected chi connectivity index (χ2v) is 12.0. The first kappa shape index (κ1) is 27.0. The first-order valence-electron chi connectivity index (χ1n) is 13.9. The molecule has 0 nitrogen and oxygen atoms in total. The average molecular weight is 407 g/mol. The smallest absolute Gasteiger partial charge is 0.0412 e. The van der Waals surface area contributed by atoms with Gasteiger partial charge in [-0.15, -0.1) is 0 Å². The van der Waals surface area contributed by atoms with Gasteiger partial charge in [0.25, 0.3) is 0 Å². The molecule has 3 saturated carbocycles. The van der Waals surface area contributed by atoms with Crippen molar-refractivity contribution in [2.45, 2.75) is 151 Å². The van der Waals surface area contributed by atoms with Gasteiger partial charge in [0.15, 0.2) is 0 Å². The minimum atomic E-state index is 0.920. The molecule has 0 amide bonds. The van der Waals surface area contributed by atoms with Gasteiger partial charge in [-0.3, -0.25) is 0 Å². The summed E-state index contributed by atoms with van der Waals surface area (Å²) in [6.45, 7) is 14.0. The Morgan fingerprint density at radius 2 is 0.586 bits per heavy atom. The molecule has 0 atom stereocenters. The van der Waals surface area contributed by atoms with Crippen molar-refractivity contribution >= 4 is 0 Å². The summed E-state index contributed by atoms with van der Waals surface area (Å²) in [5.41, 5.74) is 0. The van der Waals surface area contributed by atoms with Crippen LogP contribution in [0.5, 0.6) is 0 Å². The number of rotatable bonds is 6. The van der Waals surface area contributed by atoms with Crippen molar-refractivity contribution in [3.8, 4) is 0 Å². The summed E-state index contributed by atoms with van der Waals surface area (Å²) in [7, 11) is 0. The Balaban J connectivity index is 0.000000218. The van der Waals surface area contributed by atoms with Crippen molar-refractivity contribution in [3.05, 3.63) is 0 Å². The van der Waals surface area contributed by atoms with Crippen LogP contribution in [0.15, 0.2) is 0 Å². The summed E-state index contributed by atoms with van der Waals surface area (Å²) in [6.07, 6.45) is 25.5.